The maximum Gasteiger partial charge on any atom is 0.252 e. The van der Waals surface area contributed by atoms with Crippen molar-refractivity contribution in [1.82, 2.24) is 19.6 Å². The van der Waals surface area contributed by atoms with E-state index in [0.29, 0.717) is 11.2 Å². The first-order valence-corrected chi connectivity index (χ1v) is 7.57. The third-order valence-corrected chi connectivity index (χ3v) is 3.64. The summed E-state index contributed by atoms with van der Waals surface area (Å²) in [6.45, 7) is 11.4. The highest BCUT2D eigenvalue weighted by atomic mass is 15.3. The van der Waals surface area contributed by atoms with E-state index >= 15 is 0 Å². The lowest BCUT2D eigenvalue weighted by atomic mass is 9.83. The molecule has 0 spiro atoms. The number of hydrogen-bond donors (Lipinski definition) is 0. The van der Waals surface area contributed by atoms with E-state index in [9.17, 15) is 0 Å². The van der Waals surface area contributed by atoms with Crippen molar-refractivity contribution in [3.8, 4) is 0 Å². The highest BCUT2D eigenvalue weighted by Crippen LogP contribution is 2.27. The molecule has 2 heterocycles. The molecule has 2 aromatic rings. The molecule has 20 heavy (non-hydrogen) atoms. The van der Waals surface area contributed by atoms with Crippen LogP contribution in [0, 0.1) is 11.3 Å². The molecule has 1 unspecified atom stereocenters. The summed E-state index contributed by atoms with van der Waals surface area (Å²) in [4.78, 5) is 8.75. The molecule has 2 rings (SSSR count). The topological polar surface area (TPSA) is 43.1 Å². The van der Waals surface area contributed by atoms with Crippen molar-refractivity contribution in [2.75, 3.05) is 0 Å². The van der Waals surface area contributed by atoms with Crippen LogP contribution in [0.3, 0.4) is 0 Å². The highest BCUT2D eigenvalue weighted by molar-refractivity contribution is 5.31. The second-order valence-corrected chi connectivity index (χ2v) is 6.98. The van der Waals surface area contributed by atoms with Crippen LogP contribution in [0.2, 0.25) is 0 Å². The Kier molecular flexibility index (Phi) is 4.41. The van der Waals surface area contributed by atoms with E-state index < -0.39 is 0 Å². The number of rotatable bonds is 5. The normalized spacial score (nSPS) is 13.8. The molecular formula is C16H26N4. The van der Waals surface area contributed by atoms with Gasteiger partial charge < -0.3 is 0 Å². The minimum Gasteiger partial charge on any atom is -0.216 e. The molecular weight excluding hydrogens is 248 g/mol. The Morgan fingerprint density at radius 3 is 2.70 bits per heavy atom. The third-order valence-electron chi connectivity index (χ3n) is 3.64. The van der Waals surface area contributed by atoms with Gasteiger partial charge in [0.2, 0.25) is 0 Å². The minimum absolute atomic E-state index is 0.404. The van der Waals surface area contributed by atoms with Crippen LogP contribution >= 0.6 is 0 Å². The van der Waals surface area contributed by atoms with Gasteiger partial charge >= 0.3 is 0 Å². The first-order valence-electron chi connectivity index (χ1n) is 7.57. The first kappa shape index (κ1) is 14.9. The summed E-state index contributed by atoms with van der Waals surface area (Å²) in [5, 5.41) is 4.18. The molecule has 0 aromatic carbocycles. The molecule has 0 radical (unpaired) electrons. The quantitative estimate of drug-likeness (QED) is 0.835. The van der Waals surface area contributed by atoms with Gasteiger partial charge in [0.25, 0.3) is 5.78 Å². The second-order valence-electron chi connectivity index (χ2n) is 6.98. The van der Waals surface area contributed by atoms with E-state index in [1.165, 1.54) is 18.4 Å². The Morgan fingerprint density at radius 1 is 1.30 bits per heavy atom. The molecule has 110 valence electrons. The van der Waals surface area contributed by atoms with E-state index in [1.54, 1.807) is 10.8 Å². The lowest BCUT2D eigenvalue weighted by Crippen LogP contribution is -2.12. The SMILES string of the molecule is CCc1nc2ncnn2cc1CCC(C)CC(C)(C)C. The van der Waals surface area contributed by atoms with Crippen molar-refractivity contribution in [2.24, 2.45) is 11.3 Å². The fraction of sp³-hybridized carbons (Fsp3) is 0.688. The summed E-state index contributed by atoms with van der Waals surface area (Å²) < 4.78 is 1.78. The lowest BCUT2D eigenvalue weighted by molar-refractivity contribution is 0.297. The monoisotopic (exact) mass is 274 g/mol. The van der Waals surface area contributed by atoms with Crippen LogP contribution in [0.25, 0.3) is 5.78 Å². The molecule has 0 N–H and O–H groups in total. The van der Waals surface area contributed by atoms with E-state index in [1.807, 2.05) is 0 Å². The van der Waals surface area contributed by atoms with Gasteiger partial charge in [-0.1, -0.05) is 34.6 Å². The number of fused-ring (bicyclic) bond motifs is 1. The maximum absolute atomic E-state index is 4.60. The molecule has 0 saturated carbocycles. The maximum atomic E-state index is 4.60. The predicted octanol–water partition coefficient (Wildman–Crippen LogP) is 3.69. The zero-order valence-electron chi connectivity index (χ0n) is 13.3. The van der Waals surface area contributed by atoms with Crippen molar-refractivity contribution in [1.29, 1.82) is 0 Å². The van der Waals surface area contributed by atoms with E-state index in [4.69, 9.17) is 0 Å². The summed E-state index contributed by atoms with van der Waals surface area (Å²) >= 11 is 0. The number of hydrogen-bond acceptors (Lipinski definition) is 3. The van der Waals surface area contributed by atoms with Gasteiger partial charge in [0, 0.05) is 11.9 Å². The first-order chi connectivity index (χ1) is 9.39. The molecule has 2 aromatic heterocycles. The summed E-state index contributed by atoms with van der Waals surface area (Å²) in [5.41, 5.74) is 2.88. The molecule has 1 atom stereocenters. The minimum atomic E-state index is 0.404. The Labute approximate surface area is 121 Å². The van der Waals surface area contributed by atoms with Crippen LogP contribution in [0.15, 0.2) is 12.5 Å². The fourth-order valence-corrected chi connectivity index (χ4v) is 2.89. The number of aromatic nitrogens is 4. The summed E-state index contributed by atoms with van der Waals surface area (Å²) in [5.74, 6) is 1.43. The molecule has 4 nitrogen and oxygen atoms in total. The van der Waals surface area contributed by atoms with Crippen molar-refractivity contribution in [2.45, 2.75) is 60.3 Å². The molecule has 0 amide bonds. The van der Waals surface area contributed by atoms with Gasteiger partial charge in [-0.2, -0.15) is 10.1 Å². The van der Waals surface area contributed by atoms with Crippen LogP contribution in [0.5, 0.6) is 0 Å². The van der Waals surface area contributed by atoms with E-state index in [-0.39, 0.29) is 0 Å². The van der Waals surface area contributed by atoms with Gasteiger partial charge in [-0.05, 0) is 42.6 Å². The largest absolute Gasteiger partial charge is 0.252 e. The van der Waals surface area contributed by atoms with E-state index in [0.717, 1.165) is 24.5 Å². The molecule has 4 heteroatoms. The fourth-order valence-electron chi connectivity index (χ4n) is 2.89. The molecule has 0 aliphatic heterocycles. The molecule has 0 aliphatic rings. The Balaban J connectivity index is 2.08. The van der Waals surface area contributed by atoms with Crippen LogP contribution in [0.4, 0.5) is 0 Å². The predicted molar refractivity (Wildman–Crippen MR) is 81.7 cm³/mol. The summed E-state index contributed by atoms with van der Waals surface area (Å²) in [6, 6.07) is 0. The van der Waals surface area contributed by atoms with Crippen LogP contribution in [-0.4, -0.2) is 19.6 Å². The number of nitrogens with zero attached hydrogens (tertiary/aromatic N) is 4. The molecule has 0 saturated heterocycles. The molecule has 0 fully saturated rings. The smallest absolute Gasteiger partial charge is 0.216 e. The van der Waals surface area contributed by atoms with Gasteiger partial charge in [0.15, 0.2) is 0 Å². The van der Waals surface area contributed by atoms with Gasteiger partial charge in [-0.15, -0.1) is 0 Å². The zero-order chi connectivity index (χ0) is 14.8. The summed E-state index contributed by atoms with van der Waals surface area (Å²) in [6.07, 6.45) is 8.14. The third kappa shape index (κ3) is 3.78. The number of aryl methyl sites for hydroxylation is 2. The van der Waals surface area contributed by atoms with Crippen LogP contribution < -0.4 is 0 Å². The Morgan fingerprint density at radius 2 is 2.05 bits per heavy atom. The zero-order valence-corrected chi connectivity index (χ0v) is 13.3. The van der Waals surface area contributed by atoms with Crippen LogP contribution in [0.1, 0.15) is 58.7 Å². The Hall–Kier alpha value is -1.45. The van der Waals surface area contributed by atoms with Crippen molar-refractivity contribution in [3.63, 3.8) is 0 Å². The van der Waals surface area contributed by atoms with Crippen LogP contribution in [-0.2, 0) is 12.8 Å². The average Bonchev–Trinajstić information content (AvgIpc) is 2.79. The standard InChI is InChI=1S/C16H26N4/c1-6-14-13(8-7-12(2)9-16(3,4)5)10-20-15(19-14)17-11-18-20/h10-12H,6-9H2,1-5H3. The van der Waals surface area contributed by atoms with Gasteiger partial charge in [0.05, 0.1) is 0 Å². The van der Waals surface area contributed by atoms with Gasteiger partial charge in [-0.25, -0.2) is 9.50 Å². The van der Waals surface area contributed by atoms with Gasteiger partial charge in [0.1, 0.15) is 6.33 Å². The lowest BCUT2D eigenvalue weighted by Gasteiger charge is -2.23. The van der Waals surface area contributed by atoms with E-state index in [2.05, 4.69) is 55.9 Å². The Bertz CT molecular complexity index is 565. The average molecular weight is 274 g/mol. The van der Waals surface area contributed by atoms with Crippen molar-refractivity contribution in [3.05, 3.63) is 23.8 Å². The molecule has 0 aliphatic carbocycles. The van der Waals surface area contributed by atoms with Crippen molar-refractivity contribution >= 4 is 5.78 Å². The van der Waals surface area contributed by atoms with Crippen molar-refractivity contribution < 1.29 is 0 Å². The molecule has 0 bridgehead atoms. The summed E-state index contributed by atoms with van der Waals surface area (Å²) in [7, 11) is 0. The second kappa shape index (κ2) is 5.90. The highest BCUT2D eigenvalue weighted by Gasteiger charge is 2.16. The van der Waals surface area contributed by atoms with Gasteiger partial charge in [-0.3, -0.25) is 0 Å².